The highest BCUT2D eigenvalue weighted by Gasteiger charge is 2.74. The van der Waals surface area contributed by atoms with E-state index in [1.54, 1.807) is 0 Å². The lowest BCUT2D eigenvalue weighted by molar-refractivity contribution is -0.144. The van der Waals surface area contributed by atoms with Crippen LogP contribution in [-0.2, 0) is 14.3 Å². The molecule has 0 N–H and O–H groups in total. The summed E-state index contributed by atoms with van der Waals surface area (Å²) in [6.07, 6.45) is 3.38. The van der Waals surface area contributed by atoms with Crippen LogP contribution in [0, 0.1) is 11.8 Å². The molecular weight excluding hydrogens is 168 g/mol. The summed E-state index contributed by atoms with van der Waals surface area (Å²) in [6, 6.07) is 0. The molecule has 1 aliphatic heterocycles. The van der Waals surface area contributed by atoms with E-state index in [0.29, 0.717) is 12.5 Å². The third kappa shape index (κ3) is 0.909. The molecule has 3 fully saturated rings. The monoisotopic (exact) mass is 182 g/mol. The standard InChI is InChI=1S/C10H14O3/c1-2-12-9(11)8-10(13-8)4-3-6-5-7(6)10/h6-8H,2-5H2,1H3. The second-order valence-corrected chi connectivity index (χ2v) is 4.35. The van der Waals surface area contributed by atoms with Gasteiger partial charge in [0.15, 0.2) is 6.10 Å². The molecule has 0 aromatic rings. The first-order valence-corrected chi connectivity index (χ1v) is 5.12. The van der Waals surface area contributed by atoms with Gasteiger partial charge in [0.25, 0.3) is 0 Å². The Hall–Kier alpha value is -0.570. The summed E-state index contributed by atoms with van der Waals surface area (Å²) in [5, 5.41) is 0. The van der Waals surface area contributed by atoms with Crippen LogP contribution in [0.2, 0.25) is 0 Å². The normalized spacial score (nSPS) is 50.4. The quantitative estimate of drug-likeness (QED) is 0.474. The summed E-state index contributed by atoms with van der Waals surface area (Å²) >= 11 is 0. The molecule has 1 saturated heterocycles. The first kappa shape index (κ1) is 7.80. The number of esters is 1. The first-order chi connectivity index (χ1) is 6.28. The number of epoxide rings is 1. The lowest BCUT2D eigenvalue weighted by Crippen LogP contribution is -2.22. The molecule has 1 spiro atoms. The van der Waals surface area contributed by atoms with Gasteiger partial charge in [-0.3, -0.25) is 0 Å². The maximum atomic E-state index is 11.4. The second kappa shape index (κ2) is 2.27. The fraction of sp³-hybridized carbons (Fsp3) is 0.900. The molecule has 4 atom stereocenters. The summed E-state index contributed by atoms with van der Waals surface area (Å²) in [5.74, 6) is 1.40. The molecular formula is C10H14O3. The van der Waals surface area contributed by atoms with Gasteiger partial charge in [-0.15, -0.1) is 0 Å². The van der Waals surface area contributed by atoms with Crippen LogP contribution in [0.25, 0.3) is 0 Å². The van der Waals surface area contributed by atoms with Gasteiger partial charge in [-0.05, 0) is 38.0 Å². The van der Waals surface area contributed by atoms with E-state index in [1.165, 1.54) is 12.8 Å². The summed E-state index contributed by atoms with van der Waals surface area (Å²) in [6.45, 7) is 2.30. The van der Waals surface area contributed by atoms with Gasteiger partial charge in [-0.1, -0.05) is 0 Å². The Kier molecular flexibility index (Phi) is 1.36. The molecule has 4 unspecified atom stereocenters. The minimum absolute atomic E-state index is 0.0586. The Morgan fingerprint density at radius 2 is 2.54 bits per heavy atom. The molecule has 0 amide bonds. The van der Waals surface area contributed by atoms with Crippen molar-refractivity contribution in [2.45, 2.75) is 37.9 Å². The fourth-order valence-corrected chi connectivity index (χ4v) is 2.88. The Labute approximate surface area is 77.4 Å². The molecule has 3 aliphatic rings. The van der Waals surface area contributed by atoms with Crippen LogP contribution in [0.5, 0.6) is 0 Å². The van der Waals surface area contributed by atoms with Crippen molar-refractivity contribution in [3.8, 4) is 0 Å². The van der Waals surface area contributed by atoms with Crippen molar-refractivity contribution in [1.29, 1.82) is 0 Å². The molecule has 0 aromatic carbocycles. The predicted molar refractivity (Wildman–Crippen MR) is 45.1 cm³/mol. The van der Waals surface area contributed by atoms with E-state index in [2.05, 4.69) is 0 Å². The van der Waals surface area contributed by atoms with Crippen LogP contribution in [-0.4, -0.2) is 24.3 Å². The molecule has 0 aromatic heterocycles. The molecule has 3 nitrogen and oxygen atoms in total. The molecule has 2 saturated carbocycles. The van der Waals surface area contributed by atoms with Crippen LogP contribution >= 0.6 is 0 Å². The Bertz CT molecular complexity index is 263. The minimum Gasteiger partial charge on any atom is -0.464 e. The van der Waals surface area contributed by atoms with Crippen LogP contribution in [0.1, 0.15) is 26.2 Å². The second-order valence-electron chi connectivity index (χ2n) is 4.35. The average Bonchev–Trinajstić information content (AvgIpc) is 2.91. The van der Waals surface area contributed by atoms with Gasteiger partial charge >= 0.3 is 5.97 Å². The van der Waals surface area contributed by atoms with Crippen molar-refractivity contribution >= 4 is 5.97 Å². The van der Waals surface area contributed by atoms with Crippen LogP contribution in [0.4, 0.5) is 0 Å². The van der Waals surface area contributed by atoms with E-state index in [0.717, 1.165) is 12.3 Å². The van der Waals surface area contributed by atoms with Crippen molar-refractivity contribution in [2.75, 3.05) is 6.61 Å². The number of carbonyl (C=O) groups excluding carboxylic acids is 1. The largest absolute Gasteiger partial charge is 0.464 e. The van der Waals surface area contributed by atoms with Crippen molar-refractivity contribution in [1.82, 2.24) is 0 Å². The fourth-order valence-electron chi connectivity index (χ4n) is 2.88. The van der Waals surface area contributed by atoms with Crippen molar-refractivity contribution in [3.63, 3.8) is 0 Å². The van der Waals surface area contributed by atoms with Gasteiger partial charge in [0.2, 0.25) is 0 Å². The lowest BCUT2D eigenvalue weighted by Gasteiger charge is -2.04. The highest BCUT2D eigenvalue weighted by atomic mass is 16.7. The topological polar surface area (TPSA) is 38.8 Å². The molecule has 13 heavy (non-hydrogen) atoms. The van der Waals surface area contributed by atoms with Gasteiger partial charge in [0.05, 0.1) is 6.61 Å². The zero-order chi connectivity index (χ0) is 9.05. The van der Waals surface area contributed by atoms with Crippen molar-refractivity contribution in [3.05, 3.63) is 0 Å². The molecule has 3 heteroatoms. The zero-order valence-electron chi connectivity index (χ0n) is 7.79. The third-order valence-electron chi connectivity index (χ3n) is 3.68. The zero-order valence-corrected chi connectivity index (χ0v) is 7.79. The molecule has 0 bridgehead atoms. The SMILES string of the molecule is CCOC(=O)C1OC12CCC1CC12. The van der Waals surface area contributed by atoms with Crippen molar-refractivity contribution in [2.24, 2.45) is 11.8 Å². The van der Waals surface area contributed by atoms with Crippen molar-refractivity contribution < 1.29 is 14.3 Å². The molecule has 0 radical (unpaired) electrons. The number of carbonyl (C=O) groups is 1. The molecule has 72 valence electrons. The van der Waals surface area contributed by atoms with E-state index >= 15 is 0 Å². The smallest absolute Gasteiger partial charge is 0.338 e. The molecule has 1 heterocycles. The number of rotatable bonds is 2. The molecule has 2 aliphatic carbocycles. The minimum atomic E-state index is -0.218. The van der Waals surface area contributed by atoms with E-state index in [9.17, 15) is 4.79 Å². The number of fused-ring (bicyclic) bond motifs is 2. The summed E-state index contributed by atoms with van der Waals surface area (Å²) in [7, 11) is 0. The van der Waals surface area contributed by atoms with E-state index in [4.69, 9.17) is 9.47 Å². The van der Waals surface area contributed by atoms with Gasteiger partial charge < -0.3 is 9.47 Å². The highest BCUT2D eigenvalue weighted by Crippen LogP contribution is 2.67. The highest BCUT2D eigenvalue weighted by molar-refractivity contribution is 5.79. The van der Waals surface area contributed by atoms with Crippen LogP contribution in [0.15, 0.2) is 0 Å². The first-order valence-electron chi connectivity index (χ1n) is 5.12. The molecule has 3 rings (SSSR count). The summed E-state index contributed by atoms with van der Waals surface area (Å²) in [4.78, 5) is 11.4. The average molecular weight is 182 g/mol. The number of hydrogen-bond acceptors (Lipinski definition) is 3. The maximum absolute atomic E-state index is 11.4. The Morgan fingerprint density at radius 3 is 3.08 bits per heavy atom. The third-order valence-corrected chi connectivity index (χ3v) is 3.68. The van der Waals surface area contributed by atoms with E-state index in [-0.39, 0.29) is 17.7 Å². The Balaban J connectivity index is 1.68. The predicted octanol–water partition coefficient (Wildman–Crippen LogP) is 1.12. The summed E-state index contributed by atoms with van der Waals surface area (Å²) < 4.78 is 10.5. The van der Waals surface area contributed by atoms with Crippen LogP contribution < -0.4 is 0 Å². The van der Waals surface area contributed by atoms with E-state index in [1.807, 2.05) is 6.92 Å². The Morgan fingerprint density at radius 1 is 1.69 bits per heavy atom. The maximum Gasteiger partial charge on any atom is 0.338 e. The van der Waals surface area contributed by atoms with Gasteiger partial charge in [-0.25, -0.2) is 4.79 Å². The van der Waals surface area contributed by atoms with E-state index < -0.39 is 0 Å². The van der Waals surface area contributed by atoms with Gasteiger partial charge in [0, 0.05) is 0 Å². The number of ether oxygens (including phenoxy) is 2. The summed E-state index contributed by atoms with van der Waals surface area (Å²) in [5.41, 5.74) is -0.0586. The lowest BCUT2D eigenvalue weighted by atomic mass is 9.99. The van der Waals surface area contributed by atoms with Gasteiger partial charge in [-0.2, -0.15) is 0 Å². The van der Waals surface area contributed by atoms with Gasteiger partial charge in [0.1, 0.15) is 5.60 Å². The number of hydrogen-bond donors (Lipinski definition) is 0. The van der Waals surface area contributed by atoms with Crippen LogP contribution in [0.3, 0.4) is 0 Å².